The molecule has 0 spiro atoms. The van der Waals surface area contributed by atoms with E-state index in [2.05, 4.69) is 36.6 Å². The van der Waals surface area contributed by atoms with Gasteiger partial charge >= 0.3 is 0 Å². The number of rotatable bonds is 6. The Bertz CT molecular complexity index is 592. The van der Waals surface area contributed by atoms with Crippen LogP contribution in [-0.4, -0.2) is 27.2 Å². The van der Waals surface area contributed by atoms with Gasteiger partial charge in [0, 0.05) is 11.3 Å². The highest BCUT2D eigenvalue weighted by atomic mass is 32.2. The van der Waals surface area contributed by atoms with Gasteiger partial charge in [-0.3, -0.25) is 0 Å². The highest BCUT2D eigenvalue weighted by Crippen LogP contribution is 2.31. The van der Waals surface area contributed by atoms with Gasteiger partial charge in [-0.1, -0.05) is 13.0 Å². The molecule has 1 heterocycles. The van der Waals surface area contributed by atoms with Crippen LogP contribution in [0, 0.1) is 0 Å². The van der Waals surface area contributed by atoms with Crippen molar-refractivity contribution in [2.45, 2.75) is 38.5 Å². The Morgan fingerprint density at radius 3 is 2.80 bits per heavy atom. The van der Waals surface area contributed by atoms with Crippen molar-refractivity contribution >= 4 is 28.7 Å². The standard InChI is InChI=1S/C15H23N3OS/c1-5-9-19-12-8-6-7-11-13(12)17-14(16)18(11)10-15(2,3)20-4/h6-8H,5,9-10H2,1-4H3,(H2,16,17). The van der Waals surface area contributed by atoms with Crippen molar-refractivity contribution in [2.24, 2.45) is 0 Å². The summed E-state index contributed by atoms with van der Waals surface area (Å²) in [7, 11) is 0. The highest BCUT2D eigenvalue weighted by Gasteiger charge is 2.21. The summed E-state index contributed by atoms with van der Waals surface area (Å²) < 4.78 is 7.94. The van der Waals surface area contributed by atoms with Crippen LogP contribution in [0.4, 0.5) is 5.95 Å². The number of benzene rings is 1. The summed E-state index contributed by atoms with van der Waals surface area (Å²) in [6.45, 7) is 8.03. The molecule has 20 heavy (non-hydrogen) atoms. The molecular weight excluding hydrogens is 270 g/mol. The molecule has 5 heteroatoms. The zero-order chi connectivity index (χ0) is 14.8. The number of para-hydroxylation sites is 1. The summed E-state index contributed by atoms with van der Waals surface area (Å²) in [6, 6.07) is 6.00. The fraction of sp³-hybridized carbons (Fsp3) is 0.533. The molecule has 1 aromatic carbocycles. The van der Waals surface area contributed by atoms with E-state index < -0.39 is 0 Å². The third-order valence-corrected chi connectivity index (χ3v) is 4.56. The Labute approximate surface area is 124 Å². The Morgan fingerprint density at radius 2 is 2.15 bits per heavy atom. The van der Waals surface area contributed by atoms with Crippen LogP contribution in [0.2, 0.25) is 0 Å². The number of imidazole rings is 1. The van der Waals surface area contributed by atoms with E-state index >= 15 is 0 Å². The first-order chi connectivity index (χ1) is 9.48. The number of anilines is 1. The van der Waals surface area contributed by atoms with Gasteiger partial charge in [0.2, 0.25) is 5.95 Å². The van der Waals surface area contributed by atoms with Crippen molar-refractivity contribution in [3.05, 3.63) is 18.2 Å². The van der Waals surface area contributed by atoms with E-state index in [0.29, 0.717) is 12.6 Å². The normalized spacial score (nSPS) is 12.0. The van der Waals surface area contributed by atoms with Gasteiger partial charge < -0.3 is 15.0 Å². The topological polar surface area (TPSA) is 53.1 Å². The average Bonchev–Trinajstić information content (AvgIpc) is 2.73. The lowest BCUT2D eigenvalue weighted by Gasteiger charge is -2.23. The number of nitrogens with zero attached hydrogens (tertiary/aromatic N) is 2. The van der Waals surface area contributed by atoms with Crippen LogP contribution in [0.5, 0.6) is 5.75 Å². The molecule has 2 aromatic rings. The predicted octanol–water partition coefficient (Wildman–Crippen LogP) is 3.55. The van der Waals surface area contributed by atoms with Crippen LogP contribution in [0.1, 0.15) is 27.2 Å². The smallest absolute Gasteiger partial charge is 0.201 e. The highest BCUT2D eigenvalue weighted by molar-refractivity contribution is 7.99. The molecule has 0 saturated heterocycles. The Kier molecular flexibility index (Phi) is 4.48. The average molecular weight is 293 g/mol. The fourth-order valence-corrected chi connectivity index (χ4v) is 2.34. The summed E-state index contributed by atoms with van der Waals surface area (Å²) in [5, 5.41) is 0. The molecule has 0 fully saturated rings. The fourth-order valence-electron chi connectivity index (χ4n) is 2.08. The maximum absolute atomic E-state index is 6.10. The predicted molar refractivity (Wildman–Crippen MR) is 87.5 cm³/mol. The maximum atomic E-state index is 6.10. The largest absolute Gasteiger partial charge is 0.491 e. The minimum Gasteiger partial charge on any atom is -0.491 e. The zero-order valence-corrected chi connectivity index (χ0v) is 13.5. The molecule has 2 N–H and O–H groups in total. The quantitative estimate of drug-likeness (QED) is 0.885. The van der Waals surface area contributed by atoms with Gasteiger partial charge in [0.05, 0.1) is 12.1 Å². The van der Waals surface area contributed by atoms with Gasteiger partial charge in [0.1, 0.15) is 11.3 Å². The van der Waals surface area contributed by atoms with E-state index in [0.717, 1.165) is 29.7 Å². The number of ether oxygens (including phenoxy) is 1. The molecule has 0 aliphatic carbocycles. The molecule has 0 aliphatic heterocycles. The van der Waals surface area contributed by atoms with E-state index in [9.17, 15) is 0 Å². The molecule has 0 saturated carbocycles. The maximum Gasteiger partial charge on any atom is 0.201 e. The third-order valence-electron chi connectivity index (χ3n) is 3.32. The summed E-state index contributed by atoms with van der Waals surface area (Å²) in [5.41, 5.74) is 8.00. The molecule has 1 aromatic heterocycles. The van der Waals surface area contributed by atoms with Gasteiger partial charge in [0.25, 0.3) is 0 Å². The SMILES string of the molecule is CCCOc1cccc2c1nc(N)n2CC(C)(C)SC. The van der Waals surface area contributed by atoms with Gasteiger partial charge in [-0.25, -0.2) is 4.98 Å². The zero-order valence-electron chi connectivity index (χ0n) is 12.6. The van der Waals surface area contributed by atoms with E-state index in [-0.39, 0.29) is 4.75 Å². The molecule has 4 nitrogen and oxygen atoms in total. The summed E-state index contributed by atoms with van der Waals surface area (Å²) in [6.07, 6.45) is 3.09. The summed E-state index contributed by atoms with van der Waals surface area (Å²) in [4.78, 5) is 4.49. The Hall–Kier alpha value is -1.36. The molecule has 0 amide bonds. The van der Waals surface area contributed by atoms with Crippen molar-refractivity contribution in [1.29, 1.82) is 0 Å². The third kappa shape index (κ3) is 3.03. The molecule has 0 bridgehead atoms. The second kappa shape index (κ2) is 5.95. The first-order valence-electron chi connectivity index (χ1n) is 6.91. The van der Waals surface area contributed by atoms with Crippen molar-refractivity contribution in [2.75, 3.05) is 18.6 Å². The first-order valence-corrected chi connectivity index (χ1v) is 8.13. The molecule has 0 radical (unpaired) electrons. The first kappa shape index (κ1) is 15.0. The summed E-state index contributed by atoms with van der Waals surface area (Å²) in [5.74, 6) is 1.37. The molecule has 110 valence electrons. The number of nitrogen functional groups attached to an aromatic ring is 1. The van der Waals surface area contributed by atoms with Gasteiger partial charge in [-0.15, -0.1) is 0 Å². The number of hydrogen-bond acceptors (Lipinski definition) is 4. The summed E-state index contributed by atoms with van der Waals surface area (Å²) >= 11 is 1.83. The molecule has 0 atom stereocenters. The Morgan fingerprint density at radius 1 is 1.40 bits per heavy atom. The second-order valence-corrected chi connectivity index (χ2v) is 7.01. The van der Waals surface area contributed by atoms with Gasteiger partial charge in [0.15, 0.2) is 0 Å². The van der Waals surface area contributed by atoms with Crippen molar-refractivity contribution in [1.82, 2.24) is 9.55 Å². The number of fused-ring (bicyclic) bond motifs is 1. The Balaban J connectivity index is 2.44. The van der Waals surface area contributed by atoms with Crippen molar-refractivity contribution in [3.63, 3.8) is 0 Å². The molecule has 0 aliphatic rings. The van der Waals surface area contributed by atoms with Crippen LogP contribution in [0.3, 0.4) is 0 Å². The van der Waals surface area contributed by atoms with E-state index in [1.54, 1.807) is 0 Å². The lowest BCUT2D eigenvalue weighted by Crippen LogP contribution is -2.23. The van der Waals surface area contributed by atoms with Gasteiger partial charge in [-0.2, -0.15) is 11.8 Å². The monoisotopic (exact) mass is 293 g/mol. The van der Waals surface area contributed by atoms with Crippen molar-refractivity contribution < 1.29 is 4.74 Å². The van der Waals surface area contributed by atoms with Crippen LogP contribution in [0.25, 0.3) is 11.0 Å². The van der Waals surface area contributed by atoms with E-state index in [1.807, 2.05) is 30.0 Å². The number of nitrogens with two attached hydrogens (primary N) is 1. The second-order valence-electron chi connectivity index (χ2n) is 5.49. The molecule has 2 rings (SSSR count). The number of thioether (sulfide) groups is 1. The van der Waals surface area contributed by atoms with Crippen LogP contribution < -0.4 is 10.5 Å². The molecule has 0 unspecified atom stereocenters. The van der Waals surface area contributed by atoms with Gasteiger partial charge in [-0.05, 0) is 38.7 Å². The van der Waals surface area contributed by atoms with Crippen molar-refractivity contribution in [3.8, 4) is 5.75 Å². The van der Waals surface area contributed by atoms with Crippen LogP contribution in [-0.2, 0) is 6.54 Å². The molecular formula is C15H23N3OS. The lowest BCUT2D eigenvalue weighted by molar-refractivity contribution is 0.320. The number of hydrogen-bond donors (Lipinski definition) is 1. The van der Waals surface area contributed by atoms with Crippen LogP contribution >= 0.6 is 11.8 Å². The minimum absolute atomic E-state index is 0.113. The number of aromatic nitrogens is 2. The van der Waals surface area contributed by atoms with Crippen LogP contribution in [0.15, 0.2) is 18.2 Å². The van der Waals surface area contributed by atoms with E-state index in [1.165, 1.54) is 0 Å². The van der Waals surface area contributed by atoms with E-state index in [4.69, 9.17) is 10.5 Å². The lowest BCUT2D eigenvalue weighted by atomic mass is 10.2. The minimum atomic E-state index is 0.113.